The molecular formula is C21H26O3. The Morgan fingerprint density at radius 2 is 1.96 bits per heavy atom. The quantitative estimate of drug-likeness (QED) is 0.638. The lowest BCUT2D eigenvalue weighted by molar-refractivity contribution is -0.149. The van der Waals surface area contributed by atoms with E-state index in [0.717, 1.165) is 32.1 Å². The van der Waals surface area contributed by atoms with E-state index < -0.39 is 5.60 Å². The molecule has 1 spiro atoms. The summed E-state index contributed by atoms with van der Waals surface area (Å²) in [5.74, 6) is 3.01. The first-order chi connectivity index (χ1) is 11.6. The topological polar surface area (TPSA) is 43.4 Å². The van der Waals surface area contributed by atoms with Crippen LogP contribution in [0.2, 0.25) is 0 Å². The molecule has 0 aromatic heterocycles. The van der Waals surface area contributed by atoms with Crippen molar-refractivity contribution in [2.45, 2.75) is 57.5 Å². The van der Waals surface area contributed by atoms with Crippen LogP contribution in [0, 0.1) is 29.1 Å². The van der Waals surface area contributed by atoms with Gasteiger partial charge in [-0.15, -0.1) is 0 Å². The van der Waals surface area contributed by atoms with E-state index in [2.05, 4.69) is 19.1 Å². The molecule has 128 valence electrons. The van der Waals surface area contributed by atoms with Gasteiger partial charge >= 0.3 is 0 Å². The Morgan fingerprint density at radius 3 is 2.75 bits per heavy atom. The van der Waals surface area contributed by atoms with Gasteiger partial charge in [-0.1, -0.05) is 18.6 Å². The summed E-state index contributed by atoms with van der Waals surface area (Å²) in [6, 6.07) is 0. The smallest absolute Gasteiger partial charge is 0.171 e. The maximum absolute atomic E-state index is 12.7. The lowest BCUT2D eigenvalue weighted by Crippen LogP contribution is -2.55. The van der Waals surface area contributed by atoms with Gasteiger partial charge in [-0.2, -0.15) is 0 Å². The second-order valence-corrected chi connectivity index (χ2v) is 8.80. The number of Topliss-reactive ketones (excluding diaryl/α,β-unsaturated/α-hetero) is 1. The molecule has 1 saturated heterocycles. The number of hydrogen-bond acceptors (Lipinski definition) is 3. The number of ketones is 2. The van der Waals surface area contributed by atoms with E-state index in [0.29, 0.717) is 48.3 Å². The van der Waals surface area contributed by atoms with Gasteiger partial charge in [-0.25, -0.2) is 0 Å². The van der Waals surface area contributed by atoms with Crippen LogP contribution in [0.15, 0.2) is 23.8 Å². The van der Waals surface area contributed by atoms with Gasteiger partial charge < -0.3 is 4.74 Å². The highest BCUT2D eigenvalue weighted by molar-refractivity contribution is 5.93. The molecule has 3 nitrogen and oxygen atoms in total. The number of allylic oxidation sites excluding steroid dienone is 3. The Kier molecular flexibility index (Phi) is 3.08. The summed E-state index contributed by atoms with van der Waals surface area (Å²) in [6.45, 7) is 2.88. The lowest BCUT2D eigenvalue weighted by Gasteiger charge is -2.55. The van der Waals surface area contributed by atoms with E-state index >= 15 is 0 Å². The average Bonchev–Trinajstić information content (AvgIpc) is 3.09. The molecule has 24 heavy (non-hydrogen) atoms. The predicted octanol–water partition coefficient (Wildman–Crippen LogP) is 3.63. The first-order valence-corrected chi connectivity index (χ1v) is 9.65. The Hall–Kier alpha value is -1.22. The van der Waals surface area contributed by atoms with Crippen LogP contribution in [0.1, 0.15) is 51.9 Å². The second-order valence-electron chi connectivity index (χ2n) is 8.80. The number of fused-ring (bicyclic) bond motifs is 6. The van der Waals surface area contributed by atoms with E-state index in [-0.39, 0.29) is 5.41 Å². The van der Waals surface area contributed by atoms with Crippen LogP contribution in [0.25, 0.3) is 0 Å². The Balaban J connectivity index is 1.49. The van der Waals surface area contributed by atoms with Crippen LogP contribution >= 0.6 is 0 Å². The van der Waals surface area contributed by atoms with Crippen molar-refractivity contribution in [2.75, 3.05) is 6.61 Å². The van der Waals surface area contributed by atoms with Crippen molar-refractivity contribution < 1.29 is 14.3 Å². The average molecular weight is 326 g/mol. The van der Waals surface area contributed by atoms with Crippen LogP contribution in [-0.4, -0.2) is 23.8 Å². The van der Waals surface area contributed by atoms with E-state index in [1.54, 1.807) is 0 Å². The highest BCUT2D eigenvalue weighted by atomic mass is 16.5. The first kappa shape index (κ1) is 15.1. The summed E-state index contributed by atoms with van der Waals surface area (Å²) in [7, 11) is 0. The molecule has 3 fully saturated rings. The lowest BCUT2D eigenvalue weighted by atomic mass is 9.50. The first-order valence-electron chi connectivity index (χ1n) is 9.65. The molecular weight excluding hydrogens is 300 g/mol. The van der Waals surface area contributed by atoms with Crippen molar-refractivity contribution in [1.29, 1.82) is 0 Å². The minimum absolute atomic E-state index is 0.0620. The van der Waals surface area contributed by atoms with Gasteiger partial charge in [0.05, 0.1) is 6.61 Å². The predicted molar refractivity (Wildman–Crippen MR) is 90.3 cm³/mol. The fourth-order valence-corrected chi connectivity index (χ4v) is 6.84. The molecule has 4 aliphatic carbocycles. The van der Waals surface area contributed by atoms with Crippen LogP contribution in [0.4, 0.5) is 0 Å². The van der Waals surface area contributed by atoms with Gasteiger partial charge in [0.2, 0.25) is 0 Å². The summed E-state index contributed by atoms with van der Waals surface area (Å²) < 4.78 is 6.09. The Labute approximate surface area is 143 Å². The van der Waals surface area contributed by atoms with Gasteiger partial charge in [0.15, 0.2) is 17.2 Å². The SMILES string of the molecule is C[C@]12CC[C@H]3[C@@H](CCC4=CC(=O)CC[C@@H]43)[C@@H]1C=C[C@]21OCCC1=O. The van der Waals surface area contributed by atoms with E-state index in [1.165, 1.54) is 12.0 Å². The standard InChI is InChI=1S/C21H26O3/c1-20-9-6-16-15-5-3-14(22)12-13(15)2-4-17(16)18(20)7-10-21(20)19(23)8-11-24-21/h7,10,12,15-18H,2-6,8-9,11H2,1H3/t15-,16+,17+,18-,20-,21+/m0/s1. The monoisotopic (exact) mass is 326 g/mol. The highest BCUT2D eigenvalue weighted by Gasteiger charge is 2.65. The third kappa shape index (κ3) is 1.72. The molecule has 1 aliphatic heterocycles. The minimum Gasteiger partial charge on any atom is -0.362 e. The summed E-state index contributed by atoms with van der Waals surface area (Å²) in [6.07, 6.45) is 13.2. The van der Waals surface area contributed by atoms with Crippen LogP contribution in [-0.2, 0) is 14.3 Å². The van der Waals surface area contributed by atoms with Crippen molar-refractivity contribution in [3.63, 3.8) is 0 Å². The van der Waals surface area contributed by atoms with Crippen LogP contribution in [0.5, 0.6) is 0 Å². The number of ether oxygens (including phenoxy) is 1. The molecule has 0 aromatic carbocycles. The molecule has 5 aliphatic rings. The molecule has 0 aromatic rings. The van der Waals surface area contributed by atoms with Gasteiger partial charge in [-0.3, -0.25) is 9.59 Å². The second kappa shape index (κ2) is 4.91. The molecule has 3 heteroatoms. The van der Waals surface area contributed by atoms with Crippen molar-refractivity contribution >= 4 is 11.6 Å². The molecule has 1 heterocycles. The van der Waals surface area contributed by atoms with Gasteiger partial charge in [0.1, 0.15) is 0 Å². The molecule has 6 atom stereocenters. The molecule has 0 bridgehead atoms. The third-order valence-electron chi connectivity index (χ3n) is 8.01. The van der Waals surface area contributed by atoms with Gasteiger partial charge in [-0.05, 0) is 67.9 Å². The van der Waals surface area contributed by atoms with E-state index in [9.17, 15) is 9.59 Å². The summed E-state index contributed by atoms with van der Waals surface area (Å²) in [4.78, 5) is 24.4. The van der Waals surface area contributed by atoms with Crippen molar-refractivity contribution in [1.82, 2.24) is 0 Å². The highest BCUT2D eigenvalue weighted by Crippen LogP contribution is 2.64. The van der Waals surface area contributed by atoms with Gasteiger partial charge in [0, 0.05) is 18.3 Å². The largest absolute Gasteiger partial charge is 0.362 e. The number of hydrogen-bond donors (Lipinski definition) is 0. The molecule has 0 N–H and O–H groups in total. The number of rotatable bonds is 0. The molecule has 2 saturated carbocycles. The molecule has 5 rings (SSSR count). The van der Waals surface area contributed by atoms with Crippen LogP contribution < -0.4 is 0 Å². The molecule has 0 unspecified atom stereocenters. The normalized spacial score (nSPS) is 49.8. The van der Waals surface area contributed by atoms with Gasteiger partial charge in [0.25, 0.3) is 0 Å². The Bertz CT molecular complexity index is 675. The summed E-state index contributed by atoms with van der Waals surface area (Å²) >= 11 is 0. The summed E-state index contributed by atoms with van der Waals surface area (Å²) in [5.41, 5.74) is 0.718. The zero-order chi connectivity index (χ0) is 16.5. The molecule has 0 amide bonds. The molecule has 0 radical (unpaired) electrons. The maximum atomic E-state index is 12.7. The zero-order valence-electron chi connectivity index (χ0n) is 14.4. The number of carbonyl (C=O) groups is 2. The minimum atomic E-state index is -0.638. The van der Waals surface area contributed by atoms with Crippen molar-refractivity contribution in [3.8, 4) is 0 Å². The fourth-order valence-electron chi connectivity index (χ4n) is 6.84. The van der Waals surface area contributed by atoms with Crippen molar-refractivity contribution in [2.24, 2.45) is 29.1 Å². The fraction of sp³-hybridized carbons (Fsp3) is 0.714. The Morgan fingerprint density at radius 1 is 1.08 bits per heavy atom. The van der Waals surface area contributed by atoms with Crippen LogP contribution in [0.3, 0.4) is 0 Å². The summed E-state index contributed by atoms with van der Waals surface area (Å²) in [5, 5.41) is 0. The van der Waals surface area contributed by atoms with Crippen molar-refractivity contribution in [3.05, 3.63) is 23.8 Å². The maximum Gasteiger partial charge on any atom is 0.171 e. The van der Waals surface area contributed by atoms with E-state index in [4.69, 9.17) is 4.74 Å². The zero-order valence-corrected chi connectivity index (χ0v) is 14.4. The number of carbonyl (C=O) groups excluding carboxylic acids is 2. The third-order valence-corrected chi connectivity index (χ3v) is 8.01. The van der Waals surface area contributed by atoms with E-state index in [1.807, 2.05) is 6.08 Å².